The topological polar surface area (TPSA) is 38.7 Å². The monoisotopic (exact) mass is 261 g/mol. The van der Waals surface area contributed by atoms with E-state index in [-0.39, 0.29) is 6.61 Å². The van der Waals surface area contributed by atoms with Gasteiger partial charge in [-0.05, 0) is 38.1 Å². The Bertz CT molecular complexity index is 352. The Morgan fingerprint density at radius 1 is 1.44 bits per heavy atom. The van der Waals surface area contributed by atoms with Gasteiger partial charge in [0, 0.05) is 5.02 Å². The van der Waals surface area contributed by atoms with Crippen LogP contribution in [0.4, 0.5) is 0 Å². The van der Waals surface area contributed by atoms with Gasteiger partial charge in [0.05, 0.1) is 0 Å². The van der Waals surface area contributed by atoms with E-state index in [1.54, 1.807) is 38.1 Å². The molecule has 1 aromatic rings. The van der Waals surface area contributed by atoms with E-state index in [1.807, 2.05) is 0 Å². The molecule has 16 heavy (non-hydrogen) atoms. The van der Waals surface area contributed by atoms with Crippen LogP contribution in [0.15, 0.2) is 29.4 Å². The quantitative estimate of drug-likeness (QED) is 0.596. The molecule has 0 aliphatic carbocycles. The molecule has 5 heteroatoms. The number of hydrogen-bond donors (Lipinski definition) is 0. The summed E-state index contributed by atoms with van der Waals surface area (Å²) in [7, 11) is 0. The molecule has 0 aliphatic rings. The standard InChI is InChI=1S/C11H13Cl2NO2/c1-8(14-15)11(2,13)7-16-10-5-3-9(12)4-6-10/h3-6,8H,7H2,1-2H3. The molecule has 0 bridgehead atoms. The van der Waals surface area contributed by atoms with Crippen LogP contribution in [0.1, 0.15) is 13.8 Å². The molecule has 0 aromatic heterocycles. The van der Waals surface area contributed by atoms with E-state index in [1.165, 1.54) is 0 Å². The second-order valence-electron chi connectivity index (χ2n) is 3.80. The third-order valence-electron chi connectivity index (χ3n) is 2.36. The van der Waals surface area contributed by atoms with Crippen LogP contribution in [0.3, 0.4) is 0 Å². The molecule has 0 N–H and O–H groups in total. The second-order valence-corrected chi connectivity index (χ2v) is 5.10. The normalized spacial score (nSPS) is 16.2. The summed E-state index contributed by atoms with van der Waals surface area (Å²) in [5.74, 6) is 0.661. The van der Waals surface area contributed by atoms with E-state index >= 15 is 0 Å². The van der Waals surface area contributed by atoms with Gasteiger partial charge in [-0.3, -0.25) is 0 Å². The molecule has 0 heterocycles. The molecule has 0 saturated carbocycles. The number of benzene rings is 1. The van der Waals surface area contributed by atoms with Crippen LogP contribution in [0.5, 0.6) is 5.75 Å². The lowest BCUT2D eigenvalue weighted by atomic mass is 10.1. The van der Waals surface area contributed by atoms with Gasteiger partial charge in [-0.2, -0.15) is 4.91 Å². The molecular weight excluding hydrogens is 249 g/mol. The Balaban J connectivity index is 2.57. The van der Waals surface area contributed by atoms with E-state index < -0.39 is 10.9 Å². The molecule has 0 aliphatic heterocycles. The molecule has 0 radical (unpaired) electrons. The Morgan fingerprint density at radius 3 is 2.50 bits per heavy atom. The highest BCUT2D eigenvalue weighted by atomic mass is 35.5. The fourth-order valence-corrected chi connectivity index (χ4v) is 1.21. The van der Waals surface area contributed by atoms with E-state index in [2.05, 4.69) is 5.18 Å². The van der Waals surface area contributed by atoms with Gasteiger partial charge >= 0.3 is 0 Å². The highest BCUT2D eigenvalue weighted by Gasteiger charge is 2.30. The van der Waals surface area contributed by atoms with Crippen LogP contribution in [-0.4, -0.2) is 17.5 Å². The maximum absolute atomic E-state index is 10.4. The van der Waals surface area contributed by atoms with Gasteiger partial charge < -0.3 is 4.74 Å². The van der Waals surface area contributed by atoms with Gasteiger partial charge in [-0.1, -0.05) is 16.8 Å². The summed E-state index contributed by atoms with van der Waals surface area (Å²) >= 11 is 11.9. The van der Waals surface area contributed by atoms with Gasteiger partial charge in [-0.15, -0.1) is 11.6 Å². The van der Waals surface area contributed by atoms with Crippen molar-refractivity contribution in [1.29, 1.82) is 0 Å². The van der Waals surface area contributed by atoms with Gasteiger partial charge in [0.15, 0.2) is 0 Å². The van der Waals surface area contributed by atoms with Crippen molar-refractivity contribution in [2.75, 3.05) is 6.61 Å². The highest BCUT2D eigenvalue weighted by Crippen LogP contribution is 2.24. The maximum atomic E-state index is 10.4. The van der Waals surface area contributed by atoms with Crippen LogP contribution in [0, 0.1) is 4.91 Å². The fourth-order valence-electron chi connectivity index (χ4n) is 0.986. The Hall–Kier alpha value is -0.800. The second kappa shape index (κ2) is 5.51. The Morgan fingerprint density at radius 2 is 2.00 bits per heavy atom. The van der Waals surface area contributed by atoms with Gasteiger partial charge in [0.25, 0.3) is 0 Å². The van der Waals surface area contributed by atoms with Gasteiger partial charge in [0.2, 0.25) is 0 Å². The zero-order valence-corrected chi connectivity index (χ0v) is 10.6. The minimum atomic E-state index is -0.804. The Labute approximate surface area is 105 Å². The summed E-state index contributed by atoms with van der Waals surface area (Å²) in [5.41, 5.74) is 0. The van der Waals surface area contributed by atoms with E-state index in [0.29, 0.717) is 10.8 Å². The summed E-state index contributed by atoms with van der Waals surface area (Å²) in [6, 6.07) is 6.43. The number of halogens is 2. The third kappa shape index (κ3) is 3.65. The Kier molecular flexibility index (Phi) is 4.56. The molecule has 88 valence electrons. The SMILES string of the molecule is CC(N=O)C(C)(Cl)COc1ccc(Cl)cc1. The molecule has 0 saturated heterocycles. The number of rotatable bonds is 5. The summed E-state index contributed by atoms with van der Waals surface area (Å²) in [5, 5.41) is 3.55. The molecular formula is C11H13Cl2NO2. The third-order valence-corrected chi connectivity index (χ3v) is 3.04. The number of ether oxygens (including phenoxy) is 1. The van der Waals surface area contributed by atoms with Crippen LogP contribution in [0.2, 0.25) is 5.02 Å². The summed E-state index contributed by atoms with van der Waals surface area (Å²) in [6.07, 6.45) is 0. The summed E-state index contributed by atoms with van der Waals surface area (Å²) in [6.45, 7) is 3.59. The summed E-state index contributed by atoms with van der Waals surface area (Å²) in [4.78, 5) is 9.60. The summed E-state index contributed by atoms with van der Waals surface area (Å²) < 4.78 is 5.46. The van der Waals surface area contributed by atoms with Crippen molar-refractivity contribution in [3.05, 3.63) is 34.2 Å². The number of alkyl halides is 1. The highest BCUT2D eigenvalue weighted by molar-refractivity contribution is 6.30. The van der Waals surface area contributed by atoms with Crippen LogP contribution in [-0.2, 0) is 0 Å². The predicted octanol–water partition coefficient (Wildman–Crippen LogP) is 3.87. The minimum Gasteiger partial charge on any atom is -0.492 e. The van der Waals surface area contributed by atoms with Crippen molar-refractivity contribution in [3.63, 3.8) is 0 Å². The zero-order chi connectivity index (χ0) is 12.2. The minimum absolute atomic E-state index is 0.211. The fraction of sp³-hybridized carbons (Fsp3) is 0.455. The molecule has 0 fully saturated rings. The van der Waals surface area contributed by atoms with Crippen LogP contribution in [0.25, 0.3) is 0 Å². The molecule has 0 amide bonds. The van der Waals surface area contributed by atoms with Gasteiger partial charge in [0.1, 0.15) is 23.3 Å². The van der Waals surface area contributed by atoms with Crippen molar-refractivity contribution >= 4 is 23.2 Å². The molecule has 2 unspecified atom stereocenters. The van der Waals surface area contributed by atoms with Crippen molar-refractivity contribution in [2.24, 2.45) is 5.18 Å². The van der Waals surface area contributed by atoms with Crippen molar-refractivity contribution in [1.82, 2.24) is 0 Å². The predicted molar refractivity (Wildman–Crippen MR) is 66.5 cm³/mol. The zero-order valence-electron chi connectivity index (χ0n) is 9.11. The first-order chi connectivity index (χ1) is 7.45. The molecule has 3 nitrogen and oxygen atoms in total. The molecule has 2 atom stereocenters. The number of nitrogens with zero attached hydrogens (tertiary/aromatic N) is 1. The lowest BCUT2D eigenvalue weighted by Crippen LogP contribution is -2.36. The first-order valence-electron chi connectivity index (χ1n) is 4.85. The number of nitroso groups, excluding NO2 is 1. The van der Waals surface area contributed by atoms with E-state index in [4.69, 9.17) is 27.9 Å². The lowest BCUT2D eigenvalue weighted by Gasteiger charge is -2.24. The first-order valence-corrected chi connectivity index (χ1v) is 5.61. The average molecular weight is 262 g/mol. The molecule has 1 rings (SSSR count). The first kappa shape index (κ1) is 13.3. The van der Waals surface area contributed by atoms with Crippen molar-refractivity contribution in [3.8, 4) is 5.75 Å². The smallest absolute Gasteiger partial charge is 0.119 e. The van der Waals surface area contributed by atoms with Gasteiger partial charge in [-0.25, -0.2) is 0 Å². The van der Waals surface area contributed by atoms with Crippen molar-refractivity contribution in [2.45, 2.75) is 24.8 Å². The average Bonchev–Trinajstić information content (AvgIpc) is 2.27. The largest absolute Gasteiger partial charge is 0.492 e. The van der Waals surface area contributed by atoms with Crippen molar-refractivity contribution < 1.29 is 4.74 Å². The maximum Gasteiger partial charge on any atom is 0.119 e. The van der Waals surface area contributed by atoms with E-state index in [0.717, 1.165) is 0 Å². The van der Waals surface area contributed by atoms with Crippen LogP contribution >= 0.6 is 23.2 Å². The number of hydrogen-bond acceptors (Lipinski definition) is 3. The molecule has 1 aromatic carbocycles. The molecule has 0 spiro atoms. The lowest BCUT2D eigenvalue weighted by molar-refractivity contribution is 0.259. The van der Waals surface area contributed by atoms with E-state index in [9.17, 15) is 4.91 Å². The van der Waals surface area contributed by atoms with Crippen LogP contribution < -0.4 is 4.74 Å².